The summed E-state index contributed by atoms with van der Waals surface area (Å²) in [5.74, 6) is 1.56. The molecule has 5 rings (SSSR count). The second kappa shape index (κ2) is 11.3. The zero-order valence-electron chi connectivity index (χ0n) is 22.1. The number of likely N-dealkylation sites (tertiary alicyclic amines) is 1. The summed E-state index contributed by atoms with van der Waals surface area (Å²) in [6.45, 7) is 13.1. The lowest BCUT2D eigenvalue weighted by Crippen LogP contribution is -2.51. The molecule has 36 heavy (non-hydrogen) atoms. The summed E-state index contributed by atoms with van der Waals surface area (Å²) in [6.07, 6.45) is 6.41. The maximum Gasteiger partial charge on any atom is 0.260 e. The number of piperidine rings is 1. The molecule has 1 aromatic carbocycles. The Labute approximate surface area is 215 Å². The first-order valence-corrected chi connectivity index (χ1v) is 14.0. The Hall–Kier alpha value is -2.38. The summed E-state index contributed by atoms with van der Waals surface area (Å²) < 4.78 is 7.87. The molecule has 7 heteroatoms. The number of piperazine rings is 1. The van der Waals surface area contributed by atoms with E-state index in [0.717, 1.165) is 62.3 Å². The van der Waals surface area contributed by atoms with Crippen LogP contribution in [0.2, 0.25) is 0 Å². The normalized spacial score (nSPS) is 19.8. The lowest BCUT2D eigenvalue weighted by atomic mass is 9.98. The molecule has 0 atom stereocenters. The molecular weight excluding hydrogens is 452 g/mol. The van der Waals surface area contributed by atoms with Gasteiger partial charge in [-0.2, -0.15) is 0 Å². The Balaban J connectivity index is 1.17. The number of carbonyl (C=O) groups excluding carboxylic acids is 1. The highest BCUT2D eigenvalue weighted by Gasteiger charge is 2.25. The first kappa shape index (κ1) is 25.3. The van der Waals surface area contributed by atoms with Crippen molar-refractivity contribution in [2.24, 2.45) is 5.92 Å². The summed E-state index contributed by atoms with van der Waals surface area (Å²) in [5, 5.41) is 1.10. The van der Waals surface area contributed by atoms with Gasteiger partial charge in [0.05, 0.1) is 5.52 Å². The third-order valence-corrected chi connectivity index (χ3v) is 8.14. The van der Waals surface area contributed by atoms with E-state index in [-0.39, 0.29) is 24.0 Å². The van der Waals surface area contributed by atoms with E-state index >= 15 is 0 Å². The van der Waals surface area contributed by atoms with Crippen LogP contribution in [0.25, 0.3) is 10.9 Å². The molecule has 0 bridgehead atoms. The van der Waals surface area contributed by atoms with Crippen molar-refractivity contribution in [2.75, 3.05) is 59.0 Å². The minimum Gasteiger partial charge on any atom is -0.484 e. The van der Waals surface area contributed by atoms with Gasteiger partial charge in [0, 0.05) is 63.3 Å². The van der Waals surface area contributed by atoms with Gasteiger partial charge in [0.2, 0.25) is 0 Å². The van der Waals surface area contributed by atoms with Gasteiger partial charge >= 0.3 is 0 Å². The Morgan fingerprint density at radius 2 is 1.64 bits per heavy atom. The number of rotatable bonds is 9. The minimum absolute atomic E-state index is 0.0377. The topological polar surface area (TPSA) is 58.0 Å². The van der Waals surface area contributed by atoms with Crippen LogP contribution < -0.4 is 10.3 Å². The van der Waals surface area contributed by atoms with E-state index in [0.29, 0.717) is 11.7 Å². The van der Waals surface area contributed by atoms with Crippen molar-refractivity contribution >= 4 is 16.8 Å². The number of benzene rings is 1. The molecule has 0 unspecified atom stereocenters. The number of hydrogen-bond acceptors (Lipinski definition) is 5. The minimum atomic E-state index is 0.0377. The Bertz CT molecular complexity index is 1110. The second-order valence-corrected chi connectivity index (χ2v) is 11.2. The highest BCUT2D eigenvalue weighted by Crippen LogP contribution is 2.33. The number of aromatic nitrogens is 1. The largest absolute Gasteiger partial charge is 0.484 e. The third kappa shape index (κ3) is 6.12. The molecule has 1 aromatic heterocycles. The number of ether oxygens (including phenoxy) is 1. The fourth-order valence-electron chi connectivity index (χ4n) is 5.62. The number of pyridine rings is 1. The fourth-order valence-corrected chi connectivity index (χ4v) is 5.62. The fraction of sp³-hybridized carbons (Fsp3) is 0.655. The van der Waals surface area contributed by atoms with Crippen LogP contribution in [0.3, 0.4) is 0 Å². The van der Waals surface area contributed by atoms with E-state index in [1.807, 2.05) is 21.6 Å². The molecule has 3 heterocycles. The van der Waals surface area contributed by atoms with E-state index in [2.05, 4.69) is 29.7 Å². The van der Waals surface area contributed by atoms with Crippen LogP contribution in [-0.2, 0) is 11.3 Å². The van der Waals surface area contributed by atoms with Crippen LogP contribution in [0.1, 0.15) is 57.4 Å². The smallest absolute Gasteiger partial charge is 0.260 e. The quantitative estimate of drug-likeness (QED) is 0.534. The summed E-state index contributed by atoms with van der Waals surface area (Å²) >= 11 is 0. The zero-order valence-corrected chi connectivity index (χ0v) is 22.1. The molecular formula is C29H42N4O3. The van der Waals surface area contributed by atoms with E-state index in [1.165, 1.54) is 45.2 Å². The molecule has 2 aromatic rings. The lowest BCUT2D eigenvalue weighted by molar-refractivity contribution is -0.135. The van der Waals surface area contributed by atoms with Gasteiger partial charge in [-0.3, -0.25) is 14.5 Å². The lowest BCUT2D eigenvalue weighted by Gasteiger charge is -2.36. The molecule has 1 aliphatic carbocycles. The van der Waals surface area contributed by atoms with Crippen molar-refractivity contribution in [3.8, 4) is 5.75 Å². The van der Waals surface area contributed by atoms with Gasteiger partial charge in [0.25, 0.3) is 11.5 Å². The van der Waals surface area contributed by atoms with E-state index in [4.69, 9.17) is 4.74 Å². The predicted octanol–water partition coefficient (Wildman–Crippen LogP) is 3.54. The summed E-state index contributed by atoms with van der Waals surface area (Å²) in [4.78, 5) is 32.8. The number of fused-ring (bicyclic) bond motifs is 1. The summed E-state index contributed by atoms with van der Waals surface area (Å²) in [6, 6.07) is 7.74. The maximum atomic E-state index is 12.9. The maximum absolute atomic E-state index is 12.9. The van der Waals surface area contributed by atoms with Crippen molar-refractivity contribution < 1.29 is 9.53 Å². The molecule has 1 amide bonds. The summed E-state index contributed by atoms with van der Waals surface area (Å²) in [7, 11) is 0. The van der Waals surface area contributed by atoms with Crippen LogP contribution in [0.4, 0.5) is 0 Å². The monoisotopic (exact) mass is 494 g/mol. The van der Waals surface area contributed by atoms with Gasteiger partial charge < -0.3 is 19.1 Å². The number of carbonyl (C=O) groups is 1. The SMILES string of the molecule is CC(C)c1cc(=O)n(CC2CC2)c2cc(OCC(=O)N3CCN(CCN4CCCCC4)CC3)ccc12. The van der Waals surface area contributed by atoms with Crippen molar-refractivity contribution in [2.45, 2.75) is 58.4 Å². The molecule has 196 valence electrons. The highest BCUT2D eigenvalue weighted by atomic mass is 16.5. The van der Waals surface area contributed by atoms with Gasteiger partial charge in [0.15, 0.2) is 6.61 Å². The zero-order chi connectivity index (χ0) is 25.1. The molecule has 2 aliphatic heterocycles. The van der Waals surface area contributed by atoms with E-state index < -0.39 is 0 Å². The van der Waals surface area contributed by atoms with Crippen LogP contribution in [0, 0.1) is 5.92 Å². The average molecular weight is 495 g/mol. The van der Waals surface area contributed by atoms with Crippen molar-refractivity contribution in [3.63, 3.8) is 0 Å². The molecule has 7 nitrogen and oxygen atoms in total. The van der Waals surface area contributed by atoms with Gasteiger partial charge in [-0.05, 0) is 68.3 Å². The first-order chi connectivity index (χ1) is 17.5. The van der Waals surface area contributed by atoms with Gasteiger partial charge in [0.1, 0.15) is 5.75 Å². The van der Waals surface area contributed by atoms with Crippen LogP contribution in [0.15, 0.2) is 29.1 Å². The van der Waals surface area contributed by atoms with Crippen LogP contribution in [0.5, 0.6) is 5.75 Å². The first-order valence-electron chi connectivity index (χ1n) is 14.0. The van der Waals surface area contributed by atoms with Crippen molar-refractivity contribution in [1.82, 2.24) is 19.3 Å². The Kier molecular flexibility index (Phi) is 7.96. The molecule has 0 radical (unpaired) electrons. The summed E-state index contributed by atoms with van der Waals surface area (Å²) in [5.41, 5.74) is 2.05. The molecule has 0 N–H and O–H groups in total. The standard InChI is InChI=1S/C29H42N4O3/c1-22(2)26-19-28(34)33(20-23-6-7-23)27-18-24(8-9-25(26)27)36-21-29(35)32-16-14-31(15-17-32)13-12-30-10-4-3-5-11-30/h8-9,18-19,22-23H,3-7,10-17,20-21H2,1-2H3. The van der Waals surface area contributed by atoms with Gasteiger partial charge in [-0.15, -0.1) is 0 Å². The number of nitrogens with zero attached hydrogens (tertiary/aromatic N) is 4. The molecule has 1 saturated carbocycles. The number of amides is 1. The van der Waals surface area contributed by atoms with E-state index in [1.54, 1.807) is 6.07 Å². The molecule has 0 spiro atoms. The Morgan fingerprint density at radius 3 is 2.31 bits per heavy atom. The van der Waals surface area contributed by atoms with Gasteiger partial charge in [-0.25, -0.2) is 0 Å². The molecule has 2 saturated heterocycles. The third-order valence-electron chi connectivity index (χ3n) is 8.14. The average Bonchev–Trinajstić information content (AvgIpc) is 3.72. The van der Waals surface area contributed by atoms with Crippen LogP contribution >= 0.6 is 0 Å². The molecule has 3 fully saturated rings. The highest BCUT2D eigenvalue weighted by molar-refractivity contribution is 5.85. The second-order valence-electron chi connectivity index (χ2n) is 11.2. The molecule has 3 aliphatic rings. The number of hydrogen-bond donors (Lipinski definition) is 0. The van der Waals surface area contributed by atoms with Crippen molar-refractivity contribution in [1.29, 1.82) is 0 Å². The van der Waals surface area contributed by atoms with Gasteiger partial charge in [-0.1, -0.05) is 20.3 Å². The van der Waals surface area contributed by atoms with Crippen molar-refractivity contribution in [3.05, 3.63) is 40.2 Å². The van der Waals surface area contributed by atoms with E-state index in [9.17, 15) is 9.59 Å². The predicted molar refractivity (Wildman–Crippen MR) is 144 cm³/mol. The Morgan fingerprint density at radius 1 is 0.944 bits per heavy atom. The van der Waals surface area contributed by atoms with Crippen LogP contribution in [-0.4, -0.2) is 84.1 Å².